The lowest BCUT2D eigenvalue weighted by molar-refractivity contribution is 0.0731. The lowest BCUT2D eigenvalue weighted by atomic mass is 9.61. The smallest absolute Gasteiger partial charge is 0.0109 e. The van der Waals surface area contributed by atoms with Crippen LogP contribution in [-0.2, 0) is 0 Å². The summed E-state index contributed by atoms with van der Waals surface area (Å²) >= 11 is 0. The molecule has 0 N–H and O–H groups in total. The zero-order chi connectivity index (χ0) is 13.9. The lowest BCUT2D eigenvalue weighted by Gasteiger charge is -2.44. The topological polar surface area (TPSA) is 6.48 Å². The van der Waals surface area contributed by atoms with E-state index in [-0.39, 0.29) is 0 Å². The fourth-order valence-electron chi connectivity index (χ4n) is 4.24. The van der Waals surface area contributed by atoms with E-state index in [1.165, 1.54) is 71.1 Å². The van der Waals surface area contributed by atoms with Gasteiger partial charge in [0.1, 0.15) is 0 Å². The number of likely N-dealkylation sites (tertiary alicyclic amines) is 1. The van der Waals surface area contributed by atoms with Crippen LogP contribution in [0.4, 0.5) is 0 Å². The minimum Gasteiger partial charge on any atom is -0.308 e. The third-order valence-corrected chi connectivity index (χ3v) is 6.25. The van der Waals surface area contributed by atoms with Crippen LogP contribution in [0.2, 0.25) is 0 Å². The van der Waals surface area contributed by atoms with Crippen molar-refractivity contribution in [1.82, 2.24) is 9.80 Å². The van der Waals surface area contributed by atoms with Gasteiger partial charge in [-0.3, -0.25) is 0 Å². The van der Waals surface area contributed by atoms with Crippen molar-refractivity contribution < 1.29 is 0 Å². The van der Waals surface area contributed by atoms with Gasteiger partial charge in [0.05, 0.1) is 0 Å². The maximum atomic E-state index is 2.71. The van der Waals surface area contributed by atoms with Crippen molar-refractivity contribution in [2.24, 2.45) is 10.8 Å². The first kappa shape index (κ1) is 15.3. The van der Waals surface area contributed by atoms with E-state index in [1.54, 1.807) is 0 Å². The second-order valence-electron chi connectivity index (χ2n) is 7.54. The summed E-state index contributed by atoms with van der Waals surface area (Å²) in [4.78, 5) is 5.02. The molecule has 2 nitrogen and oxygen atoms in total. The Morgan fingerprint density at radius 3 is 2.11 bits per heavy atom. The quantitative estimate of drug-likeness (QED) is 0.750. The van der Waals surface area contributed by atoms with Crippen LogP contribution >= 0.6 is 0 Å². The van der Waals surface area contributed by atoms with Crippen LogP contribution in [0.25, 0.3) is 0 Å². The van der Waals surface area contributed by atoms with E-state index in [2.05, 4.69) is 37.7 Å². The van der Waals surface area contributed by atoms with Gasteiger partial charge in [-0.25, -0.2) is 0 Å². The van der Waals surface area contributed by atoms with Gasteiger partial charge in [0, 0.05) is 19.6 Å². The van der Waals surface area contributed by atoms with E-state index in [9.17, 15) is 0 Å². The molecule has 2 fully saturated rings. The highest BCUT2D eigenvalue weighted by atomic mass is 15.2. The largest absolute Gasteiger partial charge is 0.308 e. The van der Waals surface area contributed by atoms with Crippen LogP contribution in [0.1, 0.15) is 58.8 Å². The molecule has 0 atom stereocenters. The first-order valence-corrected chi connectivity index (χ1v) is 8.40. The van der Waals surface area contributed by atoms with Crippen LogP contribution in [0.15, 0.2) is 0 Å². The molecule has 2 heteroatoms. The SMILES string of the molecule is CCC1(CC)CCC2(CCN(CCN(C)C)C2)CC1. The van der Waals surface area contributed by atoms with Gasteiger partial charge in [-0.05, 0) is 63.6 Å². The molecule has 0 amide bonds. The van der Waals surface area contributed by atoms with E-state index < -0.39 is 0 Å². The van der Waals surface area contributed by atoms with E-state index in [1.807, 2.05) is 0 Å². The van der Waals surface area contributed by atoms with Crippen LogP contribution in [0, 0.1) is 10.8 Å². The Kier molecular flexibility index (Phi) is 4.94. The number of nitrogens with zero attached hydrogens (tertiary/aromatic N) is 2. The van der Waals surface area contributed by atoms with Crippen molar-refractivity contribution in [3.63, 3.8) is 0 Å². The van der Waals surface area contributed by atoms with Gasteiger partial charge >= 0.3 is 0 Å². The molecule has 0 aromatic carbocycles. The molecule has 1 aliphatic heterocycles. The Balaban J connectivity index is 1.84. The summed E-state index contributed by atoms with van der Waals surface area (Å²) in [6, 6.07) is 0. The lowest BCUT2D eigenvalue weighted by Crippen LogP contribution is -2.37. The molecule has 1 aliphatic carbocycles. The molecule has 1 saturated heterocycles. The van der Waals surface area contributed by atoms with E-state index in [0.29, 0.717) is 10.8 Å². The van der Waals surface area contributed by atoms with Gasteiger partial charge in [-0.2, -0.15) is 0 Å². The van der Waals surface area contributed by atoms with Crippen molar-refractivity contribution in [2.45, 2.75) is 58.8 Å². The Hall–Kier alpha value is -0.0800. The number of likely N-dealkylation sites (N-methyl/N-ethyl adjacent to an activating group) is 1. The average molecular weight is 266 g/mol. The molecular formula is C17H34N2. The molecule has 0 aromatic rings. The van der Waals surface area contributed by atoms with Gasteiger partial charge in [0.2, 0.25) is 0 Å². The van der Waals surface area contributed by atoms with Crippen LogP contribution in [-0.4, -0.2) is 50.1 Å². The van der Waals surface area contributed by atoms with Gasteiger partial charge in [-0.1, -0.05) is 26.7 Å². The van der Waals surface area contributed by atoms with Crippen LogP contribution in [0.5, 0.6) is 0 Å². The molecule has 1 heterocycles. The third-order valence-electron chi connectivity index (χ3n) is 6.25. The van der Waals surface area contributed by atoms with Crippen molar-refractivity contribution in [1.29, 1.82) is 0 Å². The first-order chi connectivity index (χ1) is 9.03. The normalized spacial score (nSPS) is 26.4. The number of hydrogen-bond donors (Lipinski definition) is 0. The molecule has 112 valence electrons. The standard InChI is InChI=1S/C17H34N2/c1-5-16(6-2)7-9-17(10-8-16)11-12-19(15-17)14-13-18(3)4/h5-15H2,1-4H3. The summed E-state index contributed by atoms with van der Waals surface area (Å²) in [7, 11) is 4.37. The first-order valence-electron chi connectivity index (χ1n) is 8.40. The molecule has 2 rings (SSSR count). The Morgan fingerprint density at radius 2 is 1.58 bits per heavy atom. The summed E-state index contributed by atoms with van der Waals surface area (Å²) in [5.41, 5.74) is 1.39. The van der Waals surface area contributed by atoms with Crippen molar-refractivity contribution in [2.75, 3.05) is 40.3 Å². The molecule has 1 spiro atoms. The maximum absolute atomic E-state index is 2.71. The highest BCUT2D eigenvalue weighted by Gasteiger charge is 2.44. The zero-order valence-corrected chi connectivity index (χ0v) is 13.7. The van der Waals surface area contributed by atoms with Crippen molar-refractivity contribution in [3.05, 3.63) is 0 Å². The van der Waals surface area contributed by atoms with E-state index in [0.717, 1.165) is 0 Å². The maximum Gasteiger partial charge on any atom is 0.0109 e. The summed E-state index contributed by atoms with van der Waals surface area (Å²) in [5.74, 6) is 0. The predicted octanol–water partition coefficient (Wildman–Crippen LogP) is 3.62. The van der Waals surface area contributed by atoms with E-state index in [4.69, 9.17) is 0 Å². The Morgan fingerprint density at radius 1 is 0.947 bits per heavy atom. The molecular weight excluding hydrogens is 232 g/mol. The van der Waals surface area contributed by atoms with Gasteiger partial charge in [-0.15, -0.1) is 0 Å². The monoisotopic (exact) mass is 266 g/mol. The van der Waals surface area contributed by atoms with Gasteiger partial charge < -0.3 is 9.80 Å². The van der Waals surface area contributed by atoms with Gasteiger partial charge in [0.15, 0.2) is 0 Å². The summed E-state index contributed by atoms with van der Waals surface area (Å²) in [5, 5.41) is 0. The molecule has 2 aliphatic rings. The molecule has 0 bridgehead atoms. The molecule has 1 saturated carbocycles. The Labute approximate surface area is 120 Å². The van der Waals surface area contributed by atoms with Crippen LogP contribution in [0.3, 0.4) is 0 Å². The number of hydrogen-bond acceptors (Lipinski definition) is 2. The van der Waals surface area contributed by atoms with Crippen LogP contribution < -0.4 is 0 Å². The number of rotatable bonds is 5. The van der Waals surface area contributed by atoms with Gasteiger partial charge in [0.25, 0.3) is 0 Å². The molecule has 0 aromatic heterocycles. The highest BCUT2D eigenvalue weighted by molar-refractivity contribution is 4.97. The average Bonchev–Trinajstić information content (AvgIpc) is 2.82. The Bertz CT molecular complexity index is 271. The molecule has 0 unspecified atom stereocenters. The molecule has 19 heavy (non-hydrogen) atoms. The van der Waals surface area contributed by atoms with Crippen molar-refractivity contribution in [3.8, 4) is 0 Å². The fraction of sp³-hybridized carbons (Fsp3) is 1.00. The highest BCUT2D eigenvalue weighted by Crippen LogP contribution is 2.52. The molecule has 0 radical (unpaired) electrons. The summed E-state index contributed by atoms with van der Waals surface area (Å²) in [6.07, 6.45) is 10.2. The second-order valence-corrected chi connectivity index (χ2v) is 7.54. The third kappa shape index (κ3) is 3.52. The fourth-order valence-corrected chi connectivity index (χ4v) is 4.24. The van der Waals surface area contributed by atoms with Crippen molar-refractivity contribution >= 4 is 0 Å². The predicted molar refractivity (Wildman–Crippen MR) is 83.5 cm³/mol. The summed E-state index contributed by atoms with van der Waals surface area (Å²) in [6.45, 7) is 10.0. The summed E-state index contributed by atoms with van der Waals surface area (Å²) < 4.78 is 0. The second kappa shape index (κ2) is 6.13. The zero-order valence-electron chi connectivity index (χ0n) is 13.7. The minimum absolute atomic E-state index is 0.695. The van der Waals surface area contributed by atoms with E-state index >= 15 is 0 Å². The minimum atomic E-state index is 0.695.